The second kappa shape index (κ2) is 7.87. The molecule has 1 atom stereocenters. The molecule has 1 aliphatic rings. The first-order valence-electron chi connectivity index (χ1n) is 8.90. The summed E-state index contributed by atoms with van der Waals surface area (Å²) in [6.45, 7) is 5.71. The molecular formula is C18H22N6O3. The summed E-state index contributed by atoms with van der Waals surface area (Å²) in [5.41, 5.74) is 5.90. The lowest BCUT2D eigenvalue weighted by atomic mass is 10.1. The van der Waals surface area contributed by atoms with Crippen LogP contribution in [-0.2, 0) is 9.57 Å². The number of H-pyrrole nitrogens is 1. The van der Waals surface area contributed by atoms with Crippen molar-refractivity contribution in [3.63, 3.8) is 0 Å². The van der Waals surface area contributed by atoms with Crippen LogP contribution in [0.3, 0.4) is 0 Å². The minimum Gasteiger partial charge on any atom is -0.379 e. The van der Waals surface area contributed by atoms with Crippen molar-refractivity contribution in [1.82, 2.24) is 29.7 Å². The molecule has 4 heterocycles. The number of imidazole rings is 2. The minimum atomic E-state index is -0.453. The first kappa shape index (κ1) is 17.7. The Kier molecular flexibility index (Phi) is 5.14. The van der Waals surface area contributed by atoms with Crippen LogP contribution in [0.15, 0.2) is 37.1 Å². The van der Waals surface area contributed by atoms with E-state index in [-0.39, 0.29) is 6.04 Å². The van der Waals surface area contributed by atoms with Crippen LogP contribution >= 0.6 is 0 Å². The molecule has 0 spiro atoms. The fraction of sp³-hybridized carbons (Fsp3) is 0.389. The molecule has 142 valence electrons. The van der Waals surface area contributed by atoms with Crippen molar-refractivity contribution < 1.29 is 14.4 Å². The molecule has 1 aliphatic heterocycles. The fourth-order valence-electron chi connectivity index (χ4n) is 3.17. The number of aryl methyl sites for hydroxylation is 1. The van der Waals surface area contributed by atoms with Crippen LogP contribution in [0.2, 0.25) is 0 Å². The van der Waals surface area contributed by atoms with Crippen molar-refractivity contribution in [2.75, 3.05) is 32.8 Å². The molecule has 3 aromatic rings. The topological polar surface area (TPSA) is 96.8 Å². The maximum absolute atomic E-state index is 12.5. The summed E-state index contributed by atoms with van der Waals surface area (Å²) >= 11 is 0. The van der Waals surface area contributed by atoms with Gasteiger partial charge in [0.2, 0.25) is 0 Å². The van der Waals surface area contributed by atoms with Crippen LogP contribution in [-0.4, -0.2) is 63.1 Å². The number of aromatic nitrogens is 4. The van der Waals surface area contributed by atoms with E-state index in [9.17, 15) is 4.79 Å². The maximum atomic E-state index is 12.5. The number of hydroxylamine groups is 1. The zero-order chi connectivity index (χ0) is 18.6. The van der Waals surface area contributed by atoms with Gasteiger partial charge in [0.15, 0.2) is 0 Å². The van der Waals surface area contributed by atoms with Crippen LogP contribution in [0.1, 0.15) is 27.8 Å². The van der Waals surface area contributed by atoms with Crippen molar-refractivity contribution in [1.29, 1.82) is 0 Å². The van der Waals surface area contributed by atoms with Crippen LogP contribution in [0.4, 0.5) is 0 Å². The predicted octanol–water partition coefficient (Wildman–Crippen LogP) is 1.10. The van der Waals surface area contributed by atoms with Gasteiger partial charge in [0.1, 0.15) is 5.65 Å². The van der Waals surface area contributed by atoms with Crippen molar-refractivity contribution in [2.45, 2.75) is 13.0 Å². The van der Waals surface area contributed by atoms with Gasteiger partial charge < -0.3 is 19.0 Å². The van der Waals surface area contributed by atoms with E-state index < -0.39 is 5.97 Å². The van der Waals surface area contributed by atoms with E-state index in [1.807, 2.05) is 6.92 Å². The second-order valence-electron chi connectivity index (χ2n) is 6.50. The average Bonchev–Trinajstić information content (AvgIpc) is 3.33. The van der Waals surface area contributed by atoms with Crippen LogP contribution in [0.5, 0.6) is 0 Å². The highest BCUT2D eigenvalue weighted by molar-refractivity contribution is 5.89. The molecule has 2 N–H and O–H groups in total. The molecule has 9 nitrogen and oxygen atoms in total. The molecule has 0 aliphatic carbocycles. The Labute approximate surface area is 156 Å². The number of nitrogens with zero attached hydrogens (tertiary/aromatic N) is 4. The number of carbonyl (C=O) groups excluding carboxylic acids is 1. The Balaban J connectivity index is 1.45. The van der Waals surface area contributed by atoms with Gasteiger partial charge in [-0.3, -0.25) is 4.90 Å². The number of ether oxygens (including phenoxy) is 1. The summed E-state index contributed by atoms with van der Waals surface area (Å²) in [5.74, 6) is -0.453. The van der Waals surface area contributed by atoms with E-state index in [0.717, 1.165) is 30.1 Å². The lowest BCUT2D eigenvalue weighted by Gasteiger charge is -2.30. The van der Waals surface area contributed by atoms with Gasteiger partial charge in [0.25, 0.3) is 0 Å². The molecule has 0 radical (unpaired) electrons. The summed E-state index contributed by atoms with van der Waals surface area (Å²) < 4.78 is 7.18. The Bertz CT molecular complexity index is 915. The quantitative estimate of drug-likeness (QED) is 0.627. The van der Waals surface area contributed by atoms with Crippen molar-refractivity contribution in [3.8, 4) is 0 Å². The lowest BCUT2D eigenvalue weighted by molar-refractivity contribution is -0.00229. The number of aromatic amines is 1. The van der Waals surface area contributed by atoms with Crippen molar-refractivity contribution in [2.24, 2.45) is 0 Å². The van der Waals surface area contributed by atoms with Gasteiger partial charge in [-0.25, -0.2) is 14.8 Å². The second-order valence-corrected chi connectivity index (χ2v) is 6.50. The van der Waals surface area contributed by atoms with E-state index in [0.29, 0.717) is 25.3 Å². The SMILES string of the molecule is Cc1[nH]cnc1C(CN1CCOCC1)NOC(=O)c1ccc2nccn2c1. The largest absolute Gasteiger partial charge is 0.379 e. The zero-order valence-electron chi connectivity index (χ0n) is 15.1. The summed E-state index contributed by atoms with van der Waals surface area (Å²) in [4.78, 5) is 31.8. The van der Waals surface area contributed by atoms with Crippen molar-refractivity contribution >= 4 is 11.6 Å². The Hall–Kier alpha value is -2.75. The number of pyridine rings is 1. The normalized spacial score (nSPS) is 16.5. The molecule has 0 bridgehead atoms. The summed E-state index contributed by atoms with van der Waals surface area (Å²) in [7, 11) is 0. The molecule has 9 heteroatoms. The zero-order valence-corrected chi connectivity index (χ0v) is 15.1. The van der Waals surface area contributed by atoms with Gasteiger partial charge in [-0.15, -0.1) is 5.48 Å². The molecular weight excluding hydrogens is 348 g/mol. The van der Waals surface area contributed by atoms with E-state index in [2.05, 4.69) is 25.3 Å². The van der Waals surface area contributed by atoms with Gasteiger partial charge >= 0.3 is 5.97 Å². The first-order valence-corrected chi connectivity index (χ1v) is 8.90. The molecule has 1 unspecified atom stereocenters. The van der Waals surface area contributed by atoms with Gasteiger partial charge in [0, 0.05) is 43.9 Å². The van der Waals surface area contributed by atoms with Gasteiger partial charge in [-0.2, -0.15) is 0 Å². The van der Waals surface area contributed by atoms with E-state index in [4.69, 9.17) is 9.57 Å². The third-order valence-electron chi connectivity index (χ3n) is 4.66. The van der Waals surface area contributed by atoms with E-state index >= 15 is 0 Å². The maximum Gasteiger partial charge on any atom is 0.358 e. The van der Waals surface area contributed by atoms with Crippen LogP contribution in [0.25, 0.3) is 5.65 Å². The molecule has 3 aromatic heterocycles. The van der Waals surface area contributed by atoms with Gasteiger partial charge in [-0.1, -0.05) is 0 Å². The minimum absolute atomic E-state index is 0.240. The lowest BCUT2D eigenvalue weighted by Crippen LogP contribution is -2.42. The predicted molar refractivity (Wildman–Crippen MR) is 97.1 cm³/mol. The smallest absolute Gasteiger partial charge is 0.358 e. The summed E-state index contributed by atoms with van der Waals surface area (Å²) in [5, 5.41) is 0. The summed E-state index contributed by atoms with van der Waals surface area (Å²) in [6.07, 6.45) is 6.81. The first-order chi connectivity index (χ1) is 13.2. The summed E-state index contributed by atoms with van der Waals surface area (Å²) in [6, 6.07) is 3.23. The number of fused-ring (bicyclic) bond motifs is 1. The fourth-order valence-corrected chi connectivity index (χ4v) is 3.17. The number of morpholine rings is 1. The number of hydrogen-bond acceptors (Lipinski definition) is 7. The molecule has 0 amide bonds. The molecule has 4 rings (SSSR count). The van der Waals surface area contributed by atoms with Gasteiger partial charge in [-0.05, 0) is 19.1 Å². The Morgan fingerprint density at radius 2 is 2.22 bits per heavy atom. The highest BCUT2D eigenvalue weighted by atomic mass is 16.7. The standard InChI is InChI=1S/C18H22N6O3/c1-13-17(21-12-20-13)15(11-23-6-8-26-9-7-23)22-27-18(25)14-2-3-16-19-4-5-24(16)10-14/h2-5,10,12,15,22H,6-9,11H2,1H3,(H,20,21). The third kappa shape index (κ3) is 4.00. The number of rotatable bonds is 6. The van der Waals surface area contributed by atoms with Crippen LogP contribution in [0, 0.1) is 6.92 Å². The van der Waals surface area contributed by atoms with E-state index in [1.54, 1.807) is 41.5 Å². The Morgan fingerprint density at radius 1 is 1.37 bits per heavy atom. The van der Waals surface area contributed by atoms with Gasteiger partial charge in [0.05, 0.1) is 36.8 Å². The third-order valence-corrected chi connectivity index (χ3v) is 4.66. The molecule has 1 fully saturated rings. The monoisotopic (exact) mass is 370 g/mol. The molecule has 27 heavy (non-hydrogen) atoms. The Morgan fingerprint density at radius 3 is 3.00 bits per heavy atom. The molecule has 0 aromatic carbocycles. The van der Waals surface area contributed by atoms with E-state index in [1.165, 1.54) is 0 Å². The number of hydrogen-bond donors (Lipinski definition) is 2. The number of nitrogens with one attached hydrogen (secondary N) is 2. The molecule has 0 saturated carbocycles. The van der Waals surface area contributed by atoms with Crippen molar-refractivity contribution in [3.05, 3.63) is 54.0 Å². The highest BCUT2D eigenvalue weighted by Gasteiger charge is 2.23. The van der Waals surface area contributed by atoms with Crippen LogP contribution < -0.4 is 5.48 Å². The number of carbonyl (C=O) groups is 1. The molecule has 1 saturated heterocycles. The average molecular weight is 370 g/mol. The highest BCUT2D eigenvalue weighted by Crippen LogP contribution is 2.17.